The van der Waals surface area contributed by atoms with Gasteiger partial charge in [0.15, 0.2) is 6.10 Å². The van der Waals surface area contributed by atoms with Gasteiger partial charge >= 0.3 is 0 Å². The Morgan fingerprint density at radius 2 is 2.27 bits per heavy atom. The predicted octanol–water partition coefficient (Wildman–Crippen LogP) is 1.67. The lowest BCUT2D eigenvalue weighted by molar-refractivity contribution is -0.124. The van der Waals surface area contributed by atoms with Gasteiger partial charge in [0.2, 0.25) is 0 Å². The van der Waals surface area contributed by atoms with Gasteiger partial charge in [0, 0.05) is 4.47 Å². The summed E-state index contributed by atoms with van der Waals surface area (Å²) in [5.74, 6) is -0.0105. The number of rotatable bonds is 4. The number of amides is 1. The van der Waals surface area contributed by atoms with Gasteiger partial charge in [-0.1, -0.05) is 22.9 Å². The summed E-state index contributed by atoms with van der Waals surface area (Å²) >= 11 is 3.28. The molecule has 4 nitrogen and oxygen atoms in total. The molecule has 0 spiro atoms. The van der Waals surface area contributed by atoms with Crippen LogP contribution in [0.15, 0.2) is 22.7 Å². The van der Waals surface area contributed by atoms with E-state index < -0.39 is 12.0 Å². The fourth-order valence-electron chi connectivity index (χ4n) is 1.12. The first kappa shape index (κ1) is 11.8. The van der Waals surface area contributed by atoms with Gasteiger partial charge in [0.1, 0.15) is 5.75 Å². The highest BCUT2D eigenvalue weighted by Gasteiger charge is 2.15. The van der Waals surface area contributed by atoms with Gasteiger partial charge in [0.05, 0.1) is 5.69 Å². The number of hydrogen-bond donors (Lipinski definition) is 2. The molecule has 0 bridgehead atoms. The lowest BCUT2D eigenvalue weighted by Gasteiger charge is -2.15. The van der Waals surface area contributed by atoms with Crippen molar-refractivity contribution in [3.8, 4) is 5.75 Å². The largest absolute Gasteiger partial charge is 0.478 e. The van der Waals surface area contributed by atoms with Crippen molar-refractivity contribution in [3.63, 3.8) is 0 Å². The lowest BCUT2D eigenvalue weighted by Crippen LogP contribution is -2.33. The Hall–Kier alpha value is -1.23. The number of primary amides is 1. The highest BCUT2D eigenvalue weighted by molar-refractivity contribution is 9.10. The molecule has 1 aromatic rings. The van der Waals surface area contributed by atoms with E-state index in [1.54, 1.807) is 18.2 Å². The molecule has 4 N–H and O–H groups in total. The molecule has 82 valence electrons. The standard InChI is InChI=1S/C10H13BrN2O2/c1-2-8(10(13)14)15-9-4-3-6(11)5-7(9)12/h3-5,8H,2,12H2,1H3,(H2,13,14). The van der Waals surface area contributed by atoms with Crippen LogP contribution in [0, 0.1) is 0 Å². The first-order valence-electron chi connectivity index (χ1n) is 4.55. The summed E-state index contributed by atoms with van der Waals surface area (Å²) in [5, 5.41) is 0. The first-order valence-corrected chi connectivity index (χ1v) is 5.35. The predicted molar refractivity (Wildman–Crippen MR) is 62.5 cm³/mol. The normalized spacial score (nSPS) is 12.1. The van der Waals surface area contributed by atoms with E-state index in [1.165, 1.54) is 0 Å². The SMILES string of the molecule is CCC(Oc1ccc(Br)cc1N)C(N)=O. The van der Waals surface area contributed by atoms with E-state index in [4.69, 9.17) is 16.2 Å². The van der Waals surface area contributed by atoms with Crippen molar-refractivity contribution in [2.24, 2.45) is 5.73 Å². The minimum absolute atomic E-state index is 0.476. The fourth-order valence-corrected chi connectivity index (χ4v) is 1.50. The molecule has 0 aliphatic heterocycles. The number of carbonyl (C=O) groups excluding carboxylic acids is 1. The van der Waals surface area contributed by atoms with E-state index in [1.807, 2.05) is 6.92 Å². The van der Waals surface area contributed by atoms with Gasteiger partial charge in [-0.2, -0.15) is 0 Å². The molecule has 0 aliphatic rings. The summed E-state index contributed by atoms with van der Waals surface area (Å²) < 4.78 is 6.25. The number of nitrogen functional groups attached to an aromatic ring is 1. The van der Waals surface area contributed by atoms with Gasteiger partial charge in [0.25, 0.3) is 5.91 Å². The van der Waals surface area contributed by atoms with Crippen molar-refractivity contribution >= 4 is 27.5 Å². The zero-order chi connectivity index (χ0) is 11.4. The van der Waals surface area contributed by atoms with Crippen molar-refractivity contribution in [2.45, 2.75) is 19.4 Å². The number of nitrogens with two attached hydrogens (primary N) is 2. The molecule has 0 saturated heterocycles. The zero-order valence-electron chi connectivity index (χ0n) is 8.37. The molecule has 1 unspecified atom stereocenters. The zero-order valence-corrected chi connectivity index (χ0v) is 9.95. The average Bonchev–Trinajstić information content (AvgIpc) is 2.16. The second-order valence-corrected chi connectivity index (χ2v) is 4.01. The minimum Gasteiger partial charge on any atom is -0.478 e. The Labute approximate surface area is 96.7 Å². The van der Waals surface area contributed by atoms with Crippen LogP contribution in [0.5, 0.6) is 5.75 Å². The van der Waals surface area contributed by atoms with Crippen LogP contribution < -0.4 is 16.2 Å². The van der Waals surface area contributed by atoms with Crippen LogP contribution in [0.2, 0.25) is 0 Å². The molecule has 0 saturated carbocycles. The van der Waals surface area contributed by atoms with Gasteiger partial charge in [-0.3, -0.25) is 4.79 Å². The number of ether oxygens (including phenoxy) is 1. The van der Waals surface area contributed by atoms with Crippen molar-refractivity contribution in [3.05, 3.63) is 22.7 Å². The van der Waals surface area contributed by atoms with Crippen molar-refractivity contribution in [2.75, 3.05) is 5.73 Å². The second kappa shape index (κ2) is 5.02. The average molecular weight is 273 g/mol. The summed E-state index contributed by atoms with van der Waals surface area (Å²) in [7, 11) is 0. The Morgan fingerprint density at radius 1 is 1.60 bits per heavy atom. The summed E-state index contributed by atoms with van der Waals surface area (Å²) in [6.45, 7) is 1.82. The Bertz CT molecular complexity index is 368. The molecule has 5 heteroatoms. The maximum absolute atomic E-state index is 11.0. The third-order valence-electron chi connectivity index (χ3n) is 1.93. The van der Waals surface area contributed by atoms with Gasteiger partial charge in [-0.05, 0) is 24.6 Å². The molecule has 0 heterocycles. The Morgan fingerprint density at radius 3 is 2.73 bits per heavy atom. The fraction of sp³-hybridized carbons (Fsp3) is 0.300. The van der Waals surface area contributed by atoms with Gasteiger partial charge < -0.3 is 16.2 Å². The van der Waals surface area contributed by atoms with E-state index in [-0.39, 0.29) is 0 Å². The van der Waals surface area contributed by atoms with E-state index in [0.29, 0.717) is 17.9 Å². The van der Waals surface area contributed by atoms with E-state index in [2.05, 4.69) is 15.9 Å². The summed E-state index contributed by atoms with van der Waals surface area (Å²) in [6, 6.07) is 5.20. The van der Waals surface area contributed by atoms with Crippen LogP contribution in [0.25, 0.3) is 0 Å². The molecule has 1 atom stereocenters. The van der Waals surface area contributed by atoms with Crippen LogP contribution in [0.1, 0.15) is 13.3 Å². The van der Waals surface area contributed by atoms with Crippen LogP contribution in [0.4, 0.5) is 5.69 Å². The Balaban J connectivity index is 2.84. The molecule has 0 aromatic heterocycles. The molecule has 1 aromatic carbocycles. The summed E-state index contributed by atoms with van der Waals surface area (Å²) in [5.41, 5.74) is 11.4. The molecule has 0 fully saturated rings. The second-order valence-electron chi connectivity index (χ2n) is 3.10. The third-order valence-corrected chi connectivity index (χ3v) is 2.42. The molecule has 0 aliphatic carbocycles. The van der Waals surface area contributed by atoms with Gasteiger partial charge in [-0.25, -0.2) is 0 Å². The molecular formula is C10H13BrN2O2. The number of hydrogen-bond acceptors (Lipinski definition) is 3. The molecular weight excluding hydrogens is 260 g/mol. The highest BCUT2D eigenvalue weighted by Crippen LogP contribution is 2.26. The highest BCUT2D eigenvalue weighted by atomic mass is 79.9. The van der Waals surface area contributed by atoms with Crippen LogP contribution in [0.3, 0.4) is 0 Å². The van der Waals surface area contributed by atoms with E-state index in [9.17, 15) is 4.79 Å². The molecule has 1 amide bonds. The summed E-state index contributed by atoms with van der Waals surface area (Å²) in [6.07, 6.45) is -0.112. The molecule has 0 radical (unpaired) electrons. The molecule has 1 rings (SSSR count). The van der Waals surface area contributed by atoms with Crippen LogP contribution in [-0.2, 0) is 4.79 Å². The van der Waals surface area contributed by atoms with Gasteiger partial charge in [-0.15, -0.1) is 0 Å². The maximum Gasteiger partial charge on any atom is 0.258 e. The third kappa shape index (κ3) is 3.13. The van der Waals surface area contributed by atoms with Crippen LogP contribution >= 0.6 is 15.9 Å². The van der Waals surface area contributed by atoms with Crippen molar-refractivity contribution < 1.29 is 9.53 Å². The van der Waals surface area contributed by atoms with E-state index in [0.717, 1.165) is 4.47 Å². The minimum atomic E-state index is -0.631. The number of carbonyl (C=O) groups is 1. The first-order chi connectivity index (χ1) is 7.04. The van der Waals surface area contributed by atoms with E-state index >= 15 is 0 Å². The monoisotopic (exact) mass is 272 g/mol. The lowest BCUT2D eigenvalue weighted by atomic mass is 10.2. The molecule has 15 heavy (non-hydrogen) atoms. The topological polar surface area (TPSA) is 78.3 Å². The van der Waals surface area contributed by atoms with Crippen molar-refractivity contribution in [1.82, 2.24) is 0 Å². The number of anilines is 1. The quantitative estimate of drug-likeness (QED) is 0.819. The summed E-state index contributed by atoms with van der Waals surface area (Å²) in [4.78, 5) is 11.0. The van der Waals surface area contributed by atoms with Crippen LogP contribution in [-0.4, -0.2) is 12.0 Å². The smallest absolute Gasteiger partial charge is 0.258 e. The number of benzene rings is 1. The Kier molecular flexibility index (Phi) is 3.96. The maximum atomic E-state index is 11.0. The number of halogens is 1. The van der Waals surface area contributed by atoms with Crippen molar-refractivity contribution in [1.29, 1.82) is 0 Å².